The number of cyclic esters (lactones) is 4. The standard InChI is InChI=1S/C12H10O6/c13-6-3-12(11(16)17-6)2-4-1-5(12)8-7(4)9(14)18-10(8)15/h4-5,7-8H,1-3H2/t4?,5-,7?,8?,12?/m0/s1. The molecule has 0 aromatic carbocycles. The molecule has 2 saturated heterocycles. The predicted octanol–water partition coefficient (Wildman–Crippen LogP) is -0.198. The maximum atomic E-state index is 11.9. The summed E-state index contributed by atoms with van der Waals surface area (Å²) in [4.78, 5) is 46.5. The summed E-state index contributed by atoms with van der Waals surface area (Å²) in [6.45, 7) is 0. The second-order valence-electron chi connectivity index (χ2n) is 5.69. The number of hydrogen-bond donors (Lipinski definition) is 0. The van der Waals surface area contributed by atoms with Crippen molar-refractivity contribution >= 4 is 23.9 Å². The number of ether oxygens (including phenoxy) is 2. The molecule has 1 spiro atoms. The van der Waals surface area contributed by atoms with Gasteiger partial charge in [0.15, 0.2) is 0 Å². The van der Waals surface area contributed by atoms with Gasteiger partial charge in [-0.25, -0.2) is 0 Å². The van der Waals surface area contributed by atoms with Crippen LogP contribution in [0, 0.1) is 29.1 Å². The zero-order valence-corrected chi connectivity index (χ0v) is 9.38. The van der Waals surface area contributed by atoms with Crippen molar-refractivity contribution in [1.29, 1.82) is 0 Å². The lowest BCUT2D eigenvalue weighted by Gasteiger charge is -2.32. The van der Waals surface area contributed by atoms with Crippen molar-refractivity contribution in [3.05, 3.63) is 0 Å². The summed E-state index contributed by atoms with van der Waals surface area (Å²) in [6, 6.07) is 0. The first-order chi connectivity index (χ1) is 8.53. The van der Waals surface area contributed by atoms with Gasteiger partial charge in [-0.05, 0) is 24.7 Å². The molecule has 2 aliphatic heterocycles. The Balaban J connectivity index is 1.78. The van der Waals surface area contributed by atoms with Gasteiger partial charge in [0.05, 0.1) is 23.7 Å². The minimum Gasteiger partial charge on any atom is -0.393 e. The molecule has 94 valence electrons. The molecule has 0 amide bonds. The Kier molecular flexibility index (Phi) is 1.60. The van der Waals surface area contributed by atoms with E-state index in [4.69, 9.17) is 0 Å². The molecule has 6 nitrogen and oxygen atoms in total. The molecule has 2 bridgehead atoms. The van der Waals surface area contributed by atoms with Crippen LogP contribution >= 0.6 is 0 Å². The monoisotopic (exact) mass is 250 g/mol. The van der Waals surface area contributed by atoms with Gasteiger partial charge in [0, 0.05) is 0 Å². The van der Waals surface area contributed by atoms with Crippen molar-refractivity contribution in [2.75, 3.05) is 0 Å². The number of fused-ring (bicyclic) bond motifs is 6. The van der Waals surface area contributed by atoms with Crippen LogP contribution in [0.1, 0.15) is 19.3 Å². The number of rotatable bonds is 0. The fourth-order valence-electron chi connectivity index (χ4n) is 4.46. The highest BCUT2D eigenvalue weighted by Crippen LogP contribution is 2.66. The van der Waals surface area contributed by atoms with Gasteiger partial charge in [-0.1, -0.05) is 0 Å². The number of carbonyl (C=O) groups is 4. The zero-order valence-electron chi connectivity index (χ0n) is 9.38. The van der Waals surface area contributed by atoms with E-state index in [1.54, 1.807) is 0 Å². The lowest BCUT2D eigenvalue weighted by Crippen LogP contribution is -2.41. The highest BCUT2D eigenvalue weighted by molar-refractivity contribution is 6.02. The Hall–Kier alpha value is -1.72. The maximum Gasteiger partial charge on any atom is 0.320 e. The Labute approximate surface area is 102 Å². The summed E-state index contributed by atoms with van der Waals surface area (Å²) in [7, 11) is 0. The van der Waals surface area contributed by atoms with Gasteiger partial charge >= 0.3 is 23.9 Å². The van der Waals surface area contributed by atoms with Crippen LogP contribution in [-0.4, -0.2) is 23.9 Å². The summed E-state index contributed by atoms with van der Waals surface area (Å²) in [5, 5.41) is 0. The van der Waals surface area contributed by atoms with Gasteiger partial charge in [-0.2, -0.15) is 0 Å². The quantitative estimate of drug-likeness (QED) is 0.437. The first kappa shape index (κ1) is 10.2. The Morgan fingerprint density at radius 2 is 1.72 bits per heavy atom. The van der Waals surface area contributed by atoms with Crippen molar-refractivity contribution in [3.8, 4) is 0 Å². The predicted molar refractivity (Wildman–Crippen MR) is 52.4 cm³/mol. The third-order valence-corrected chi connectivity index (χ3v) is 5.04. The van der Waals surface area contributed by atoms with E-state index in [1.807, 2.05) is 0 Å². The van der Waals surface area contributed by atoms with Gasteiger partial charge in [-0.15, -0.1) is 0 Å². The largest absolute Gasteiger partial charge is 0.393 e. The molecule has 4 aliphatic rings. The summed E-state index contributed by atoms with van der Waals surface area (Å²) in [5.74, 6) is -3.31. The molecule has 2 aliphatic carbocycles. The molecule has 18 heavy (non-hydrogen) atoms. The van der Waals surface area contributed by atoms with Gasteiger partial charge in [0.2, 0.25) is 0 Å². The molecule has 0 N–H and O–H groups in total. The van der Waals surface area contributed by atoms with Crippen LogP contribution < -0.4 is 0 Å². The van der Waals surface area contributed by atoms with E-state index in [0.717, 1.165) is 0 Å². The summed E-state index contributed by atoms with van der Waals surface area (Å²) in [6.07, 6.45) is 1.14. The van der Waals surface area contributed by atoms with Gasteiger partial charge in [-0.3, -0.25) is 19.2 Å². The molecule has 4 fully saturated rings. The van der Waals surface area contributed by atoms with E-state index in [0.29, 0.717) is 12.8 Å². The molecule has 6 heteroatoms. The number of esters is 4. The second kappa shape index (κ2) is 2.81. The maximum absolute atomic E-state index is 11.9. The minimum absolute atomic E-state index is 0.0302. The van der Waals surface area contributed by atoms with E-state index in [-0.39, 0.29) is 18.3 Å². The van der Waals surface area contributed by atoms with Crippen molar-refractivity contribution in [2.24, 2.45) is 29.1 Å². The van der Waals surface area contributed by atoms with E-state index in [9.17, 15) is 19.2 Å². The minimum atomic E-state index is -0.868. The first-order valence-electron chi connectivity index (χ1n) is 6.03. The topological polar surface area (TPSA) is 86.7 Å². The highest BCUT2D eigenvalue weighted by Gasteiger charge is 2.72. The van der Waals surface area contributed by atoms with Gasteiger partial charge < -0.3 is 9.47 Å². The molecule has 0 aromatic rings. The Morgan fingerprint density at radius 1 is 1.00 bits per heavy atom. The van der Waals surface area contributed by atoms with Crippen LogP contribution in [0.15, 0.2) is 0 Å². The lowest BCUT2D eigenvalue weighted by atomic mass is 9.64. The molecule has 0 aromatic heterocycles. The average Bonchev–Trinajstić information content (AvgIpc) is 2.95. The van der Waals surface area contributed by atoms with Crippen LogP contribution in [0.25, 0.3) is 0 Å². The smallest absolute Gasteiger partial charge is 0.320 e. The van der Waals surface area contributed by atoms with E-state index in [1.165, 1.54) is 0 Å². The zero-order chi connectivity index (χ0) is 12.7. The molecule has 0 radical (unpaired) electrons. The van der Waals surface area contributed by atoms with Gasteiger partial charge in [0.25, 0.3) is 0 Å². The van der Waals surface area contributed by atoms with Crippen molar-refractivity contribution < 1.29 is 28.7 Å². The molecule has 2 saturated carbocycles. The normalized spacial score (nSPS) is 48.9. The van der Waals surface area contributed by atoms with Crippen molar-refractivity contribution in [3.63, 3.8) is 0 Å². The number of hydrogen-bond acceptors (Lipinski definition) is 6. The fraction of sp³-hybridized carbons (Fsp3) is 0.667. The van der Waals surface area contributed by atoms with E-state index >= 15 is 0 Å². The van der Waals surface area contributed by atoms with E-state index < -0.39 is 41.1 Å². The van der Waals surface area contributed by atoms with Crippen molar-refractivity contribution in [2.45, 2.75) is 19.3 Å². The SMILES string of the molecule is O=C1CC2(CC3C[C@H]2C2C(=O)OC(=O)C32)C(=O)O1. The molecule has 2 heterocycles. The molecular weight excluding hydrogens is 240 g/mol. The Morgan fingerprint density at radius 3 is 2.39 bits per heavy atom. The first-order valence-corrected chi connectivity index (χ1v) is 6.03. The molecule has 5 atom stereocenters. The van der Waals surface area contributed by atoms with Gasteiger partial charge in [0.1, 0.15) is 0 Å². The van der Waals surface area contributed by atoms with Crippen LogP contribution in [0.2, 0.25) is 0 Å². The fourth-order valence-corrected chi connectivity index (χ4v) is 4.46. The highest BCUT2D eigenvalue weighted by atomic mass is 16.6. The van der Waals surface area contributed by atoms with Crippen LogP contribution in [0.4, 0.5) is 0 Å². The second-order valence-corrected chi connectivity index (χ2v) is 5.69. The third-order valence-electron chi connectivity index (χ3n) is 5.04. The third kappa shape index (κ3) is 0.921. The molecule has 4 unspecified atom stereocenters. The number of carbonyl (C=O) groups excluding carboxylic acids is 4. The summed E-state index contributed by atoms with van der Waals surface area (Å²) >= 11 is 0. The molecular formula is C12H10O6. The van der Waals surface area contributed by atoms with Crippen LogP contribution in [0.5, 0.6) is 0 Å². The Bertz CT molecular complexity index is 523. The van der Waals surface area contributed by atoms with Crippen LogP contribution in [0.3, 0.4) is 0 Å². The van der Waals surface area contributed by atoms with Crippen molar-refractivity contribution in [1.82, 2.24) is 0 Å². The summed E-state index contributed by atoms with van der Waals surface area (Å²) < 4.78 is 9.31. The lowest BCUT2D eigenvalue weighted by molar-refractivity contribution is -0.157. The molecule has 4 rings (SSSR count). The summed E-state index contributed by atoms with van der Waals surface area (Å²) in [5.41, 5.74) is -0.868. The van der Waals surface area contributed by atoms with Crippen LogP contribution in [-0.2, 0) is 28.7 Å². The average molecular weight is 250 g/mol. The van der Waals surface area contributed by atoms with E-state index in [2.05, 4.69) is 9.47 Å².